The van der Waals surface area contributed by atoms with Gasteiger partial charge in [-0.2, -0.15) is 0 Å². The molecule has 11 heavy (non-hydrogen) atoms. The second-order valence-corrected chi connectivity index (χ2v) is 2.58. The zero-order chi connectivity index (χ0) is 8.59. The second kappa shape index (κ2) is 2.77. The summed E-state index contributed by atoms with van der Waals surface area (Å²) in [6.07, 6.45) is -4.80. The molecule has 0 aromatic rings. The molecule has 0 bridgehead atoms. The maximum Gasteiger partial charge on any atom is 0.338 e. The normalized spacial score (nSPS) is 40.4. The van der Waals surface area contributed by atoms with E-state index in [0.717, 1.165) is 0 Å². The quantitative estimate of drug-likeness (QED) is 0.389. The smallest absolute Gasteiger partial charge is 0.338 e. The Bertz CT molecular complexity index is 166. The summed E-state index contributed by atoms with van der Waals surface area (Å²) in [7, 11) is 0. The number of aliphatic hydroxyl groups excluding tert-OH is 3. The highest BCUT2D eigenvalue weighted by atomic mass is 16.6. The van der Waals surface area contributed by atoms with Gasteiger partial charge in [-0.05, 0) is 6.92 Å². The van der Waals surface area contributed by atoms with Crippen LogP contribution in [0.3, 0.4) is 0 Å². The van der Waals surface area contributed by atoms with Crippen LogP contribution in [0.2, 0.25) is 0 Å². The number of esters is 1. The lowest BCUT2D eigenvalue weighted by Crippen LogP contribution is -2.37. The van der Waals surface area contributed by atoms with Gasteiger partial charge < -0.3 is 20.1 Å². The van der Waals surface area contributed by atoms with Crippen molar-refractivity contribution in [2.24, 2.45) is 0 Å². The Morgan fingerprint density at radius 1 is 1.55 bits per heavy atom. The lowest BCUT2D eigenvalue weighted by atomic mass is 10.1. The lowest BCUT2D eigenvalue weighted by Gasteiger charge is -2.15. The van der Waals surface area contributed by atoms with E-state index in [2.05, 4.69) is 4.74 Å². The van der Waals surface area contributed by atoms with Crippen LogP contribution >= 0.6 is 0 Å². The van der Waals surface area contributed by atoms with Crippen molar-refractivity contribution in [1.82, 2.24) is 0 Å². The average molecular weight is 162 g/mol. The molecule has 0 spiro atoms. The fourth-order valence-corrected chi connectivity index (χ4v) is 0.976. The molecular weight excluding hydrogens is 152 g/mol. The average Bonchev–Trinajstić information content (AvgIpc) is 2.17. The standard InChI is InChI=1S/C6H10O5/c1-2(7)5-3(8)4(9)6(10)11-5/h2-5,7-9H,1H3/t2-,3-,4+,5?/m1/s1. The van der Waals surface area contributed by atoms with Crippen molar-refractivity contribution >= 4 is 5.97 Å². The fourth-order valence-electron chi connectivity index (χ4n) is 0.976. The van der Waals surface area contributed by atoms with Crippen LogP contribution in [-0.2, 0) is 9.53 Å². The molecule has 0 saturated carbocycles. The molecule has 0 aromatic heterocycles. The predicted molar refractivity (Wildman–Crippen MR) is 33.6 cm³/mol. The Balaban J connectivity index is 2.67. The monoisotopic (exact) mass is 162 g/mol. The van der Waals surface area contributed by atoms with Crippen LogP contribution in [0.4, 0.5) is 0 Å². The Morgan fingerprint density at radius 3 is 2.27 bits per heavy atom. The zero-order valence-corrected chi connectivity index (χ0v) is 5.97. The van der Waals surface area contributed by atoms with E-state index in [4.69, 9.17) is 15.3 Å². The van der Waals surface area contributed by atoms with E-state index in [1.807, 2.05) is 0 Å². The largest absolute Gasteiger partial charge is 0.455 e. The van der Waals surface area contributed by atoms with Gasteiger partial charge in [0, 0.05) is 0 Å². The van der Waals surface area contributed by atoms with Crippen LogP contribution < -0.4 is 0 Å². The lowest BCUT2D eigenvalue weighted by molar-refractivity contribution is -0.150. The third kappa shape index (κ3) is 1.35. The van der Waals surface area contributed by atoms with E-state index in [1.54, 1.807) is 0 Å². The van der Waals surface area contributed by atoms with Gasteiger partial charge in [-0.3, -0.25) is 0 Å². The number of carbonyl (C=O) groups is 1. The highest BCUT2D eigenvalue weighted by Gasteiger charge is 2.44. The van der Waals surface area contributed by atoms with E-state index < -0.39 is 30.4 Å². The molecule has 64 valence electrons. The van der Waals surface area contributed by atoms with Crippen molar-refractivity contribution in [2.45, 2.75) is 31.3 Å². The predicted octanol–water partition coefficient (Wildman–Crippen LogP) is -1.99. The van der Waals surface area contributed by atoms with Gasteiger partial charge in [-0.15, -0.1) is 0 Å². The van der Waals surface area contributed by atoms with Gasteiger partial charge in [0.2, 0.25) is 0 Å². The Labute approximate surface area is 63.2 Å². The number of aliphatic hydroxyl groups is 3. The SMILES string of the molecule is C[C@@H](O)C1OC(=O)[C@@H](O)[C@H]1O. The Hall–Kier alpha value is -0.650. The van der Waals surface area contributed by atoms with E-state index in [9.17, 15) is 4.79 Å². The van der Waals surface area contributed by atoms with E-state index in [1.165, 1.54) is 6.92 Å². The van der Waals surface area contributed by atoms with Crippen molar-refractivity contribution in [3.8, 4) is 0 Å². The first kappa shape index (κ1) is 8.45. The minimum Gasteiger partial charge on any atom is -0.455 e. The minimum absolute atomic E-state index is 0.886. The summed E-state index contributed by atoms with van der Waals surface area (Å²) < 4.78 is 4.46. The molecule has 1 saturated heterocycles. The van der Waals surface area contributed by atoms with Crippen LogP contribution in [-0.4, -0.2) is 45.7 Å². The van der Waals surface area contributed by atoms with Crippen molar-refractivity contribution in [2.75, 3.05) is 0 Å². The topological polar surface area (TPSA) is 87.0 Å². The molecule has 0 amide bonds. The highest BCUT2D eigenvalue weighted by Crippen LogP contribution is 2.18. The summed E-state index contributed by atoms with van der Waals surface area (Å²) in [6.45, 7) is 1.37. The van der Waals surface area contributed by atoms with Gasteiger partial charge in [-0.1, -0.05) is 0 Å². The third-order valence-corrected chi connectivity index (χ3v) is 1.63. The maximum absolute atomic E-state index is 10.6. The van der Waals surface area contributed by atoms with E-state index in [-0.39, 0.29) is 0 Å². The van der Waals surface area contributed by atoms with Gasteiger partial charge in [-0.25, -0.2) is 4.79 Å². The first-order chi connectivity index (χ1) is 5.04. The molecule has 5 heteroatoms. The number of carbonyl (C=O) groups excluding carboxylic acids is 1. The van der Waals surface area contributed by atoms with Gasteiger partial charge in [0.15, 0.2) is 12.2 Å². The van der Waals surface area contributed by atoms with Crippen molar-refractivity contribution < 1.29 is 24.9 Å². The number of hydrogen-bond donors (Lipinski definition) is 3. The molecular formula is C6H10O5. The number of cyclic esters (lactones) is 1. The number of hydrogen-bond acceptors (Lipinski definition) is 5. The van der Waals surface area contributed by atoms with Crippen LogP contribution in [0, 0.1) is 0 Å². The molecule has 0 radical (unpaired) electrons. The zero-order valence-electron chi connectivity index (χ0n) is 5.97. The third-order valence-electron chi connectivity index (χ3n) is 1.63. The van der Waals surface area contributed by atoms with E-state index in [0.29, 0.717) is 0 Å². The highest BCUT2D eigenvalue weighted by molar-refractivity contribution is 5.77. The van der Waals surface area contributed by atoms with Crippen molar-refractivity contribution in [3.63, 3.8) is 0 Å². The molecule has 1 rings (SSSR count). The van der Waals surface area contributed by atoms with Crippen LogP contribution in [0.25, 0.3) is 0 Å². The fraction of sp³-hybridized carbons (Fsp3) is 0.833. The first-order valence-electron chi connectivity index (χ1n) is 3.28. The molecule has 4 atom stereocenters. The Kier molecular flexibility index (Phi) is 2.12. The summed E-state index contributed by atoms with van der Waals surface area (Å²) in [4.78, 5) is 10.6. The molecule has 1 heterocycles. The minimum atomic E-state index is -1.52. The summed E-state index contributed by atoms with van der Waals surface area (Å²) in [5.41, 5.74) is 0. The summed E-state index contributed by atoms with van der Waals surface area (Å²) >= 11 is 0. The second-order valence-electron chi connectivity index (χ2n) is 2.58. The van der Waals surface area contributed by atoms with Crippen LogP contribution in [0.15, 0.2) is 0 Å². The van der Waals surface area contributed by atoms with Crippen LogP contribution in [0.1, 0.15) is 6.92 Å². The molecule has 3 N–H and O–H groups in total. The summed E-state index contributed by atoms with van der Waals surface area (Å²) in [5.74, 6) is -0.886. The molecule has 1 aliphatic heterocycles. The number of ether oxygens (including phenoxy) is 1. The van der Waals surface area contributed by atoms with Crippen molar-refractivity contribution in [1.29, 1.82) is 0 Å². The van der Waals surface area contributed by atoms with Gasteiger partial charge in [0.25, 0.3) is 0 Å². The van der Waals surface area contributed by atoms with Gasteiger partial charge >= 0.3 is 5.97 Å². The summed E-state index contributed by atoms with van der Waals surface area (Å²) in [5, 5.41) is 26.8. The molecule has 5 nitrogen and oxygen atoms in total. The Morgan fingerprint density at radius 2 is 2.09 bits per heavy atom. The van der Waals surface area contributed by atoms with Crippen LogP contribution in [0.5, 0.6) is 0 Å². The van der Waals surface area contributed by atoms with Gasteiger partial charge in [0.1, 0.15) is 6.10 Å². The maximum atomic E-state index is 10.6. The van der Waals surface area contributed by atoms with Gasteiger partial charge in [0.05, 0.1) is 6.10 Å². The molecule has 1 fully saturated rings. The molecule has 1 aliphatic rings. The summed E-state index contributed by atoms with van der Waals surface area (Å²) in [6, 6.07) is 0. The molecule has 0 aliphatic carbocycles. The van der Waals surface area contributed by atoms with Crippen molar-refractivity contribution in [3.05, 3.63) is 0 Å². The number of rotatable bonds is 1. The van der Waals surface area contributed by atoms with E-state index >= 15 is 0 Å². The first-order valence-corrected chi connectivity index (χ1v) is 3.28. The molecule has 0 aromatic carbocycles. The molecule has 1 unspecified atom stereocenters.